The highest BCUT2D eigenvalue weighted by atomic mass is 19.1. The van der Waals surface area contributed by atoms with Gasteiger partial charge in [0.05, 0.1) is 25.2 Å². The molecular weight excluding hydrogens is 283 g/mol. The Balaban J connectivity index is 2.10. The summed E-state index contributed by atoms with van der Waals surface area (Å²) in [6.45, 7) is 3.17. The van der Waals surface area contributed by atoms with Crippen LogP contribution in [0.3, 0.4) is 0 Å². The Kier molecular flexibility index (Phi) is 4.59. The fourth-order valence-electron chi connectivity index (χ4n) is 2.14. The number of rotatable bonds is 6. The number of halogens is 1. The smallest absolute Gasteiger partial charge is 0.327 e. The first-order chi connectivity index (χ1) is 9.95. The van der Waals surface area contributed by atoms with E-state index in [4.69, 9.17) is 14.2 Å². The molecule has 7 nitrogen and oxygen atoms in total. The number of hydrogen-bond donors (Lipinski definition) is 1. The van der Waals surface area contributed by atoms with E-state index < -0.39 is 22.2 Å². The molecule has 1 aliphatic heterocycles. The summed E-state index contributed by atoms with van der Waals surface area (Å²) < 4.78 is 29.5. The van der Waals surface area contributed by atoms with Crippen LogP contribution in [0.5, 0.6) is 5.75 Å². The van der Waals surface area contributed by atoms with Gasteiger partial charge in [0, 0.05) is 25.1 Å². The van der Waals surface area contributed by atoms with E-state index in [1.54, 1.807) is 6.92 Å². The standard InChI is InChI=1S/C13H17FN2O5/c1-13(20-5-6-21-13)3-4-15-11-8-9(19-2)7-10(14)12(11)16(17)18/h7-8,15H,3-6H2,1-2H3. The van der Waals surface area contributed by atoms with Gasteiger partial charge in [0.25, 0.3) is 0 Å². The van der Waals surface area contributed by atoms with Crippen molar-refractivity contribution in [3.63, 3.8) is 0 Å². The molecule has 8 heteroatoms. The molecule has 1 saturated heterocycles. The Hall–Kier alpha value is -1.93. The molecule has 0 saturated carbocycles. The number of nitrogens with one attached hydrogen (secondary N) is 1. The number of benzene rings is 1. The molecule has 1 fully saturated rings. The van der Waals surface area contributed by atoms with E-state index in [0.29, 0.717) is 26.2 Å². The number of methoxy groups -OCH3 is 1. The molecule has 1 aromatic rings. The van der Waals surface area contributed by atoms with E-state index in [2.05, 4.69) is 5.32 Å². The van der Waals surface area contributed by atoms with Gasteiger partial charge in [0.2, 0.25) is 5.82 Å². The van der Waals surface area contributed by atoms with Crippen molar-refractivity contribution in [2.24, 2.45) is 0 Å². The number of nitro groups is 1. The Morgan fingerprint density at radius 3 is 2.71 bits per heavy atom. The third-order valence-electron chi connectivity index (χ3n) is 3.25. The summed E-state index contributed by atoms with van der Waals surface area (Å²) in [7, 11) is 1.37. The van der Waals surface area contributed by atoms with Crippen LogP contribution in [-0.2, 0) is 9.47 Å². The average Bonchev–Trinajstić information content (AvgIpc) is 2.84. The second kappa shape index (κ2) is 6.23. The Morgan fingerprint density at radius 2 is 2.14 bits per heavy atom. The van der Waals surface area contributed by atoms with Crippen molar-refractivity contribution in [3.05, 3.63) is 28.1 Å². The molecule has 0 aromatic heterocycles. The zero-order chi connectivity index (χ0) is 15.5. The Morgan fingerprint density at radius 1 is 1.48 bits per heavy atom. The normalized spacial score (nSPS) is 16.7. The summed E-state index contributed by atoms with van der Waals surface area (Å²) in [5.41, 5.74) is -0.535. The van der Waals surface area contributed by atoms with Gasteiger partial charge < -0.3 is 19.5 Å². The molecular formula is C13H17FN2O5. The monoisotopic (exact) mass is 300 g/mol. The van der Waals surface area contributed by atoms with Crippen molar-refractivity contribution in [2.75, 3.05) is 32.2 Å². The average molecular weight is 300 g/mol. The fraction of sp³-hybridized carbons (Fsp3) is 0.538. The lowest BCUT2D eigenvalue weighted by Gasteiger charge is -2.22. The van der Waals surface area contributed by atoms with Crippen LogP contribution < -0.4 is 10.1 Å². The molecule has 0 atom stereocenters. The molecule has 0 aliphatic carbocycles. The first kappa shape index (κ1) is 15.5. The van der Waals surface area contributed by atoms with Crippen molar-refractivity contribution >= 4 is 11.4 Å². The molecule has 2 rings (SSSR count). The Bertz CT molecular complexity index is 532. The van der Waals surface area contributed by atoms with Crippen molar-refractivity contribution in [1.29, 1.82) is 0 Å². The van der Waals surface area contributed by atoms with Gasteiger partial charge in [0.1, 0.15) is 11.4 Å². The predicted octanol–water partition coefficient (Wildman–Crippen LogP) is 2.31. The van der Waals surface area contributed by atoms with Crippen LogP contribution in [-0.4, -0.2) is 37.6 Å². The van der Waals surface area contributed by atoms with E-state index in [1.807, 2.05) is 0 Å². The van der Waals surface area contributed by atoms with Gasteiger partial charge in [0.15, 0.2) is 5.79 Å². The zero-order valence-electron chi connectivity index (χ0n) is 11.8. The second-order valence-corrected chi connectivity index (χ2v) is 4.77. The Labute approximate surface area is 121 Å². The van der Waals surface area contributed by atoms with Crippen LogP contribution in [0.4, 0.5) is 15.8 Å². The van der Waals surface area contributed by atoms with E-state index in [1.165, 1.54) is 13.2 Å². The minimum atomic E-state index is -0.943. The SMILES string of the molecule is COc1cc(F)c([N+](=O)[O-])c(NCCC2(C)OCCO2)c1. The van der Waals surface area contributed by atoms with Crippen LogP contribution >= 0.6 is 0 Å². The fourth-order valence-corrected chi connectivity index (χ4v) is 2.14. The van der Waals surface area contributed by atoms with Crippen molar-refractivity contribution < 1.29 is 23.5 Å². The van der Waals surface area contributed by atoms with E-state index in [9.17, 15) is 14.5 Å². The topological polar surface area (TPSA) is 82.9 Å². The maximum atomic E-state index is 13.7. The van der Waals surface area contributed by atoms with Crippen LogP contribution in [0.1, 0.15) is 13.3 Å². The summed E-state index contributed by atoms with van der Waals surface area (Å²) in [5.74, 6) is -1.44. The summed E-state index contributed by atoms with van der Waals surface area (Å²) in [4.78, 5) is 10.2. The van der Waals surface area contributed by atoms with Crippen molar-refractivity contribution in [1.82, 2.24) is 0 Å². The highest BCUT2D eigenvalue weighted by Gasteiger charge is 2.30. The predicted molar refractivity (Wildman–Crippen MR) is 73.0 cm³/mol. The van der Waals surface area contributed by atoms with Gasteiger partial charge in [-0.2, -0.15) is 4.39 Å². The maximum Gasteiger partial charge on any atom is 0.327 e. The summed E-state index contributed by atoms with van der Waals surface area (Å²) >= 11 is 0. The van der Waals surface area contributed by atoms with E-state index in [-0.39, 0.29) is 11.4 Å². The number of nitro benzene ring substituents is 1. The number of nitrogens with zero attached hydrogens (tertiary/aromatic N) is 1. The number of hydrogen-bond acceptors (Lipinski definition) is 6. The first-order valence-corrected chi connectivity index (χ1v) is 6.49. The van der Waals surface area contributed by atoms with E-state index in [0.717, 1.165) is 6.07 Å². The molecule has 0 radical (unpaired) electrons. The lowest BCUT2D eigenvalue weighted by atomic mass is 10.2. The highest BCUT2D eigenvalue weighted by molar-refractivity contribution is 5.65. The van der Waals surface area contributed by atoms with Crippen LogP contribution in [0.2, 0.25) is 0 Å². The molecule has 0 unspecified atom stereocenters. The molecule has 0 amide bonds. The van der Waals surface area contributed by atoms with Gasteiger partial charge in [-0.05, 0) is 6.92 Å². The third kappa shape index (κ3) is 3.59. The van der Waals surface area contributed by atoms with Crippen molar-refractivity contribution in [2.45, 2.75) is 19.1 Å². The molecule has 0 bridgehead atoms. The summed E-state index contributed by atoms with van der Waals surface area (Å²) in [6.07, 6.45) is 0.475. The van der Waals surface area contributed by atoms with E-state index >= 15 is 0 Å². The minimum absolute atomic E-state index is 0.0680. The maximum absolute atomic E-state index is 13.7. The van der Waals surface area contributed by atoms with Crippen LogP contribution in [0, 0.1) is 15.9 Å². The number of ether oxygens (including phenoxy) is 3. The van der Waals surface area contributed by atoms with Gasteiger partial charge in [-0.1, -0.05) is 0 Å². The van der Waals surface area contributed by atoms with Gasteiger partial charge in [-0.3, -0.25) is 10.1 Å². The highest BCUT2D eigenvalue weighted by Crippen LogP contribution is 2.32. The largest absolute Gasteiger partial charge is 0.497 e. The molecule has 21 heavy (non-hydrogen) atoms. The van der Waals surface area contributed by atoms with Crippen molar-refractivity contribution in [3.8, 4) is 5.75 Å². The lowest BCUT2D eigenvalue weighted by molar-refractivity contribution is -0.386. The van der Waals surface area contributed by atoms with Gasteiger partial charge in [-0.25, -0.2) is 0 Å². The van der Waals surface area contributed by atoms with Gasteiger partial charge in [-0.15, -0.1) is 0 Å². The second-order valence-electron chi connectivity index (χ2n) is 4.77. The minimum Gasteiger partial charge on any atom is -0.497 e. The molecule has 1 aliphatic rings. The lowest BCUT2D eigenvalue weighted by Crippen LogP contribution is -2.28. The summed E-state index contributed by atoms with van der Waals surface area (Å²) in [6, 6.07) is 2.37. The molecule has 1 heterocycles. The molecule has 1 aromatic carbocycles. The molecule has 1 N–H and O–H groups in total. The molecule has 0 spiro atoms. The van der Waals surface area contributed by atoms with Gasteiger partial charge >= 0.3 is 5.69 Å². The molecule has 116 valence electrons. The number of anilines is 1. The quantitative estimate of drug-likeness (QED) is 0.641. The first-order valence-electron chi connectivity index (χ1n) is 6.49. The zero-order valence-corrected chi connectivity index (χ0v) is 11.8. The third-order valence-corrected chi connectivity index (χ3v) is 3.25. The van der Waals surface area contributed by atoms with Crippen LogP contribution in [0.25, 0.3) is 0 Å². The van der Waals surface area contributed by atoms with Crippen LogP contribution in [0.15, 0.2) is 12.1 Å². The summed E-state index contributed by atoms with van der Waals surface area (Å²) in [5, 5.41) is 13.8.